The minimum Gasteiger partial charge on any atom is -0.459 e. The molecule has 0 aliphatic rings. The maximum absolute atomic E-state index is 11.4. The van der Waals surface area contributed by atoms with Crippen LogP contribution in [0.3, 0.4) is 0 Å². The molecule has 6 nitrogen and oxygen atoms in total. The lowest BCUT2D eigenvalue weighted by molar-refractivity contribution is -0.150. The fraction of sp³-hybridized carbons (Fsp3) is 0.727. The Kier molecular flexibility index (Phi) is 4.73. The number of carbonyl (C=O) groups is 1. The number of ether oxygens (including phenoxy) is 1. The van der Waals surface area contributed by atoms with E-state index in [2.05, 4.69) is 6.58 Å². The van der Waals surface area contributed by atoms with Crippen molar-refractivity contribution in [3.05, 3.63) is 12.2 Å². The molecular weight excluding hydrogens is 258 g/mol. The molecule has 18 heavy (non-hydrogen) atoms. The predicted molar refractivity (Wildman–Crippen MR) is 68.3 cm³/mol. The van der Waals surface area contributed by atoms with Crippen LogP contribution < -0.4 is 5.73 Å². The summed E-state index contributed by atoms with van der Waals surface area (Å²) in [6.45, 7) is 10.6. The van der Waals surface area contributed by atoms with Gasteiger partial charge < -0.3 is 10.5 Å². The summed E-state index contributed by atoms with van der Waals surface area (Å²) < 4.78 is 36.8. The molecule has 2 atom stereocenters. The van der Waals surface area contributed by atoms with Gasteiger partial charge in [-0.2, -0.15) is 8.42 Å². The van der Waals surface area contributed by atoms with Crippen molar-refractivity contribution < 1.29 is 22.5 Å². The molecule has 0 aromatic heterocycles. The van der Waals surface area contributed by atoms with Crippen molar-refractivity contribution in [3.8, 4) is 0 Å². The van der Waals surface area contributed by atoms with Crippen LogP contribution in [0.15, 0.2) is 12.2 Å². The second-order valence-corrected chi connectivity index (χ2v) is 6.93. The second kappa shape index (κ2) is 4.99. The van der Waals surface area contributed by atoms with E-state index in [1.54, 1.807) is 0 Å². The van der Waals surface area contributed by atoms with Crippen molar-refractivity contribution >= 4 is 16.1 Å². The van der Waals surface area contributed by atoms with Crippen LogP contribution in [0, 0.1) is 5.41 Å². The SMILES string of the molecule is C=C(C)C(=O)OC(C)C(C)(C)C(C)(N)S(=O)(=O)O. The molecule has 0 heterocycles. The Morgan fingerprint density at radius 1 is 1.39 bits per heavy atom. The summed E-state index contributed by atoms with van der Waals surface area (Å²) >= 11 is 0. The molecule has 2 unspecified atom stereocenters. The number of carbonyl (C=O) groups excluding carboxylic acids is 1. The van der Waals surface area contributed by atoms with Gasteiger partial charge in [-0.15, -0.1) is 0 Å². The molecule has 0 spiro atoms. The van der Waals surface area contributed by atoms with Gasteiger partial charge in [-0.05, 0) is 20.8 Å². The number of esters is 1. The number of rotatable bonds is 5. The van der Waals surface area contributed by atoms with Crippen LogP contribution in [0.4, 0.5) is 0 Å². The highest BCUT2D eigenvalue weighted by molar-refractivity contribution is 7.87. The second-order valence-electron chi connectivity index (χ2n) is 5.13. The van der Waals surface area contributed by atoms with Crippen LogP contribution in [-0.2, 0) is 19.6 Å². The first-order valence-corrected chi connectivity index (χ1v) is 6.81. The van der Waals surface area contributed by atoms with Crippen molar-refractivity contribution in [2.24, 2.45) is 11.1 Å². The van der Waals surface area contributed by atoms with E-state index in [1.807, 2.05) is 0 Å². The third-order valence-corrected chi connectivity index (χ3v) is 5.06. The zero-order valence-corrected chi connectivity index (χ0v) is 12.2. The number of hydrogen-bond donors (Lipinski definition) is 2. The summed E-state index contributed by atoms with van der Waals surface area (Å²) in [5, 5.41) is 0. The first-order valence-electron chi connectivity index (χ1n) is 5.37. The highest BCUT2D eigenvalue weighted by Crippen LogP contribution is 2.37. The molecule has 0 radical (unpaired) electrons. The topological polar surface area (TPSA) is 107 Å². The monoisotopic (exact) mass is 279 g/mol. The normalized spacial score (nSPS) is 17.7. The first-order chi connectivity index (χ1) is 7.75. The van der Waals surface area contributed by atoms with Crippen LogP contribution in [0.1, 0.15) is 34.6 Å². The zero-order chi connectivity index (χ0) is 14.9. The highest BCUT2D eigenvalue weighted by atomic mass is 32.2. The van der Waals surface area contributed by atoms with Crippen LogP contribution in [0.5, 0.6) is 0 Å². The molecule has 3 N–H and O–H groups in total. The van der Waals surface area contributed by atoms with E-state index >= 15 is 0 Å². The largest absolute Gasteiger partial charge is 0.459 e. The minimum absolute atomic E-state index is 0.197. The molecule has 0 saturated heterocycles. The number of hydrogen-bond acceptors (Lipinski definition) is 5. The molecular formula is C11H21NO5S. The Bertz CT molecular complexity index is 450. The van der Waals surface area contributed by atoms with Crippen LogP contribution >= 0.6 is 0 Å². The van der Waals surface area contributed by atoms with Gasteiger partial charge in [0.15, 0.2) is 0 Å². The summed E-state index contributed by atoms with van der Waals surface area (Å²) in [5.41, 5.74) is 4.68. The maximum atomic E-state index is 11.4. The third kappa shape index (κ3) is 3.09. The Hall–Kier alpha value is -0.920. The van der Waals surface area contributed by atoms with E-state index in [-0.39, 0.29) is 5.57 Å². The van der Waals surface area contributed by atoms with Gasteiger partial charge in [-0.1, -0.05) is 20.4 Å². The molecule has 0 aromatic rings. The summed E-state index contributed by atoms with van der Waals surface area (Å²) in [5.74, 6) is -0.637. The summed E-state index contributed by atoms with van der Waals surface area (Å²) in [4.78, 5) is 9.45. The Labute approximate surface area is 108 Å². The zero-order valence-electron chi connectivity index (χ0n) is 11.4. The van der Waals surface area contributed by atoms with Crippen LogP contribution in [0.25, 0.3) is 0 Å². The molecule has 0 amide bonds. The van der Waals surface area contributed by atoms with Crippen molar-refractivity contribution in [1.29, 1.82) is 0 Å². The van der Waals surface area contributed by atoms with Crippen LogP contribution in [0.2, 0.25) is 0 Å². The van der Waals surface area contributed by atoms with Crippen molar-refractivity contribution in [2.45, 2.75) is 45.6 Å². The van der Waals surface area contributed by atoms with Gasteiger partial charge in [0.1, 0.15) is 11.0 Å². The molecule has 0 aliphatic heterocycles. The van der Waals surface area contributed by atoms with Gasteiger partial charge in [0.2, 0.25) is 0 Å². The smallest absolute Gasteiger partial charge is 0.333 e. The highest BCUT2D eigenvalue weighted by Gasteiger charge is 2.52. The lowest BCUT2D eigenvalue weighted by Crippen LogP contribution is -2.60. The van der Waals surface area contributed by atoms with Gasteiger partial charge >= 0.3 is 5.97 Å². The van der Waals surface area contributed by atoms with Gasteiger partial charge in [0.05, 0.1) is 0 Å². The van der Waals surface area contributed by atoms with E-state index < -0.39 is 32.5 Å². The lowest BCUT2D eigenvalue weighted by Gasteiger charge is -2.42. The average Bonchev–Trinajstić information content (AvgIpc) is 2.14. The summed E-state index contributed by atoms with van der Waals surface area (Å²) in [6.07, 6.45) is -0.821. The van der Waals surface area contributed by atoms with E-state index in [4.69, 9.17) is 15.0 Å². The van der Waals surface area contributed by atoms with E-state index in [9.17, 15) is 13.2 Å². The molecule has 0 rings (SSSR count). The van der Waals surface area contributed by atoms with Gasteiger partial charge in [0, 0.05) is 11.0 Å². The first kappa shape index (κ1) is 17.1. The Morgan fingerprint density at radius 2 is 1.78 bits per heavy atom. The molecule has 0 bridgehead atoms. The quantitative estimate of drug-likeness (QED) is 0.443. The van der Waals surface area contributed by atoms with Gasteiger partial charge in [0.25, 0.3) is 10.1 Å². The van der Waals surface area contributed by atoms with E-state index in [0.717, 1.165) is 0 Å². The van der Waals surface area contributed by atoms with Crippen molar-refractivity contribution in [2.75, 3.05) is 0 Å². The van der Waals surface area contributed by atoms with E-state index in [0.29, 0.717) is 0 Å². The molecule has 0 aromatic carbocycles. The molecule has 0 fully saturated rings. The average molecular weight is 279 g/mol. The molecule has 7 heteroatoms. The minimum atomic E-state index is -4.50. The fourth-order valence-electron chi connectivity index (χ4n) is 1.14. The fourth-order valence-corrected chi connectivity index (χ4v) is 1.98. The van der Waals surface area contributed by atoms with Crippen molar-refractivity contribution in [3.63, 3.8) is 0 Å². The van der Waals surface area contributed by atoms with Gasteiger partial charge in [-0.3, -0.25) is 4.55 Å². The third-order valence-electron chi connectivity index (χ3n) is 3.46. The maximum Gasteiger partial charge on any atom is 0.333 e. The Balaban J connectivity index is 5.28. The van der Waals surface area contributed by atoms with Gasteiger partial charge in [-0.25, -0.2) is 4.79 Å². The van der Waals surface area contributed by atoms with E-state index in [1.165, 1.54) is 34.6 Å². The Morgan fingerprint density at radius 3 is 2.06 bits per heavy atom. The summed E-state index contributed by atoms with van der Waals surface area (Å²) in [6, 6.07) is 0. The number of nitrogens with two attached hydrogens (primary N) is 1. The summed E-state index contributed by atoms with van der Waals surface area (Å²) in [7, 11) is -4.50. The molecule has 0 aliphatic carbocycles. The molecule has 106 valence electrons. The lowest BCUT2D eigenvalue weighted by atomic mass is 9.80. The molecule has 0 saturated carbocycles. The standard InChI is InChI=1S/C11H21NO5S/c1-7(2)9(13)17-8(3)10(4,5)11(6,12)18(14,15)16/h8H,1,12H2,2-6H3,(H,14,15,16). The van der Waals surface area contributed by atoms with Crippen LogP contribution in [-0.4, -0.2) is 29.9 Å². The van der Waals surface area contributed by atoms with Crippen molar-refractivity contribution in [1.82, 2.24) is 0 Å². The predicted octanol–water partition coefficient (Wildman–Crippen LogP) is 1.08.